The molecule has 0 unspecified atom stereocenters. The number of ether oxygens (including phenoxy) is 1. The number of fused-ring (bicyclic) bond motifs is 1. The van der Waals surface area contributed by atoms with Gasteiger partial charge >= 0.3 is 5.97 Å². The van der Waals surface area contributed by atoms with E-state index in [0.29, 0.717) is 46.2 Å². The van der Waals surface area contributed by atoms with Crippen LogP contribution in [0.25, 0.3) is 0 Å². The van der Waals surface area contributed by atoms with Gasteiger partial charge in [0.05, 0.1) is 17.2 Å². The minimum absolute atomic E-state index is 0.0260. The molecule has 0 atom stereocenters. The summed E-state index contributed by atoms with van der Waals surface area (Å²) in [7, 11) is 0. The summed E-state index contributed by atoms with van der Waals surface area (Å²) in [6.07, 6.45) is 1.90. The third-order valence-electron chi connectivity index (χ3n) is 4.13. The Morgan fingerprint density at radius 3 is 2.76 bits per heavy atom. The third-order valence-corrected chi connectivity index (χ3v) is 5.26. The molecule has 0 aliphatic heterocycles. The van der Waals surface area contributed by atoms with Gasteiger partial charge in [-0.15, -0.1) is 11.3 Å². The Morgan fingerprint density at radius 1 is 1.32 bits per heavy atom. The molecule has 2 aromatic heterocycles. The van der Waals surface area contributed by atoms with Crippen LogP contribution in [0.3, 0.4) is 0 Å². The molecule has 1 aliphatic carbocycles. The van der Waals surface area contributed by atoms with Crippen LogP contribution in [-0.2, 0) is 11.2 Å². The summed E-state index contributed by atoms with van der Waals surface area (Å²) in [6.45, 7) is 5.55. The molecule has 0 spiro atoms. The molecule has 7 heteroatoms. The lowest BCUT2D eigenvalue weighted by atomic mass is 9.94. The minimum atomic E-state index is -0.420. The highest BCUT2D eigenvalue weighted by atomic mass is 32.1. The van der Waals surface area contributed by atoms with Gasteiger partial charge in [-0.05, 0) is 38.8 Å². The van der Waals surface area contributed by atoms with Gasteiger partial charge in [-0.1, -0.05) is 0 Å². The summed E-state index contributed by atoms with van der Waals surface area (Å²) in [4.78, 5) is 36.9. The molecule has 3 rings (SSSR count). The number of ketones is 1. The molecular formula is C18H19NO5S. The monoisotopic (exact) mass is 361 g/mol. The Balaban J connectivity index is 1.83. The van der Waals surface area contributed by atoms with Crippen LogP contribution in [0.1, 0.15) is 67.2 Å². The summed E-state index contributed by atoms with van der Waals surface area (Å²) in [5, 5.41) is 3.28. The molecule has 0 saturated carbocycles. The van der Waals surface area contributed by atoms with Crippen molar-refractivity contribution in [2.45, 2.75) is 40.0 Å². The molecule has 2 heterocycles. The van der Waals surface area contributed by atoms with E-state index in [-0.39, 0.29) is 11.5 Å². The van der Waals surface area contributed by atoms with Crippen LogP contribution >= 0.6 is 11.3 Å². The average Bonchev–Trinajstić information content (AvgIpc) is 3.09. The van der Waals surface area contributed by atoms with Crippen LogP contribution in [0.5, 0.6) is 0 Å². The molecule has 0 bridgehead atoms. The van der Waals surface area contributed by atoms with E-state index in [0.717, 1.165) is 23.3 Å². The van der Waals surface area contributed by atoms with Crippen LogP contribution in [0.4, 0.5) is 5.00 Å². The number of carbonyl (C=O) groups is 3. The Morgan fingerprint density at radius 2 is 2.08 bits per heavy atom. The van der Waals surface area contributed by atoms with E-state index in [1.807, 2.05) is 0 Å². The number of nitrogens with one attached hydrogen (secondary N) is 1. The fraction of sp³-hybridized carbons (Fsp3) is 0.389. The standard InChI is InChI=1S/C18H19NO5S/c1-4-23-18(22)16-9(2)8-13(25-16)19-17(21)15-10(3)14-11(20)6-5-7-12(14)24-15/h8H,4-7H2,1-3H3,(H,19,21). The molecule has 1 N–H and O–H groups in total. The van der Waals surface area contributed by atoms with Crippen molar-refractivity contribution in [1.82, 2.24) is 0 Å². The predicted octanol–water partition coefficient (Wildman–Crippen LogP) is 3.91. The third kappa shape index (κ3) is 3.24. The Labute approximate surface area is 149 Å². The smallest absolute Gasteiger partial charge is 0.348 e. The number of carbonyl (C=O) groups excluding carboxylic acids is 3. The minimum Gasteiger partial charge on any atom is -0.462 e. The highest BCUT2D eigenvalue weighted by molar-refractivity contribution is 7.18. The Kier molecular flexibility index (Phi) is 4.76. The van der Waals surface area contributed by atoms with Gasteiger partial charge in [-0.25, -0.2) is 4.79 Å². The lowest BCUT2D eigenvalue weighted by molar-refractivity contribution is 0.0531. The zero-order valence-corrected chi connectivity index (χ0v) is 15.2. The number of anilines is 1. The SMILES string of the molecule is CCOC(=O)c1sc(NC(=O)c2oc3c(c2C)C(=O)CCC3)cc1C. The summed E-state index contributed by atoms with van der Waals surface area (Å²) in [5.41, 5.74) is 1.87. The fourth-order valence-electron chi connectivity index (χ4n) is 2.98. The molecule has 1 aliphatic rings. The topological polar surface area (TPSA) is 85.6 Å². The zero-order valence-electron chi connectivity index (χ0n) is 14.4. The Hall–Kier alpha value is -2.41. The van der Waals surface area contributed by atoms with Crippen LogP contribution in [0.2, 0.25) is 0 Å². The van der Waals surface area contributed by atoms with E-state index in [2.05, 4.69) is 5.32 Å². The molecule has 0 radical (unpaired) electrons. The van der Waals surface area contributed by atoms with Crippen molar-refractivity contribution in [2.75, 3.05) is 11.9 Å². The first-order valence-corrected chi connectivity index (χ1v) is 8.98. The number of esters is 1. The van der Waals surface area contributed by atoms with Gasteiger partial charge in [0.15, 0.2) is 11.5 Å². The van der Waals surface area contributed by atoms with Crippen molar-refractivity contribution in [1.29, 1.82) is 0 Å². The van der Waals surface area contributed by atoms with Gasteiger partial charge < -0.3 is 14.5 Å². The first-order valence-electron chi connectivity index (χ1n) is 8.16. The first kappa shape index (κ1) is 17.4. The maximum absolute atomic E-state index is 12.5. The van der Waals surface area contributed by atoms with Gasteiger partial charge in [0.1, 0.15) is 10.6 Å². The molecule has 0 aromatic carbocycles. The van der Waals surface area contributed by atoms with Gasteiger partial charge in [0, 0.05) is 18.4 Å². The van der Waals surface area contributed by atoms with E-state index >= 15 is 0 Å². The molecule has 0 fully saturated rings. The second kappa shape index (κ2) is 6.84. The second-order valence-electron chi connectivity index (χ2n) is 5.93. The summed E-state index contributed by atoms with van der Waals surface area (Å²) in [5.74, 6) is -0.0485. The molecule has 0 saturated heterocycles. The van der Waals surface area contributed by atoms with E-state index in [9.17, 15) is 14.4 Å². The average molecular weight is 361 g/mol. The lowest BCUT2D eigenvalue weighted by Gasteiger charge is -2.07. The molecular weight excluding hydrogens is 342 g/mol. The first-order chi connectivity index (χ1) is 11.9. The lowest BCUT2D eigenvalue weighted by Crippen LogP contribution is -2.12. The number of furan rings is 1. The van der Waals surface area contributed by atoms with Gasteiger partial charge in [-0.3, -0.25) is 9.59 Å². The normalized spacial score (nSPS) is 13.5. The second-order valence-corrected chi connectivity index (χ2v) is 6.98. The van der Waals surface area contributed by atoms with Crippen molar-refractivity contribution in [3.8, 4) is 0 Å². The summed E-state index contributed by atoms with van der Waals surface area (Å²) >= 11 is 1.16. The highest BCUT2D eigenvalue weighted by Crippen LogP contribution is 2.31. The highest BCUT2D eigenvalue weighted by Gasteiger charge is 2.29. The maximum Gasteiger partial charge on any atom is 0.348 e. The van der Waals surface area contributed by atoms with Crippen molar-refractivity contribution >= 4 is 34.0 Å². The largest absolute Gasteiger partial charge is 0.462 e. The van der Waals surface area contributed by atoms with Crippen LogP contribution in [0.15, 0.2) is 10.5 Å². The summed E-state index contributed by atoms with van der Waals surface area (Å²) in [6, 6.07) is 1.72. The Bertz CT molecular complexity index is 861. The van der Waals surface area contributed by atoms with E-state index in [4.69, 9.17) is 9.15 Å². The molecule has 6 nitrogen and oxygen atoms in total. The summed E-state index contributed by atoms with van der Waals surface area (Å²) < 4.78 is 10.6. The molecule has 132 valence electrons. The van der Waals surface area contributed by atoms with Crippen LogP contribution < -0.4 is 5.32 Å². The number of Topliss-reactive ketones (excluding diaryl/α,β-unsaturated/α-hetero) is 1. The number of amides is 1. The number of hydrogen-bond acceptors (Lipinski definition) is 6. The van der Waals surface area contributed by atoms with Crippen LogP contribution in [0, 0.1) is 13.8 Å². The maximum atomic E-state index is 12.5. The van der Waals surface area contributed by atoms with Gasteiger partial charge in [0.25, 0.3) is 5.91 Å². The van der Waals surface area contributed by atoms with Crippen molar-refractivity contribution < 1.29 is 23.5 Å². The molecule has 25 heavy (non-hydrogen) atoms. The van der Waals surface area contributed by atoms with E-state index in [1.165, 1.54) is 0 Å². The van der Waals surface area contributed by atoms with Crippen molar-refractivity contribution in [3.05, 3.63) is 39.2 Å². The number of rotatable bonds is 4. The number of hydrogen-bond donors (Lipinski definition) is 1. The molecule has 2 aromatic rings. The van der Waals surface area contributed by atoms with E-state index in [1.54, 1.807) is 26.8 Å². The fourth-order valence-corrected chi connectivity index (χ4v) is 3.94. The number of aryl methyl sites for hydroxylation is 2. The van der Waals surface area contributed by atoms with Crippen molar-refractivity contribution in [3.63, 3.8) is 0 Å². The molecule has 1 amide bonds. The van der Waals surface area contributed by atoms with Crippen LogP contribution in [-0.4, -0.2) is 24.3 Å². The van der Waals surface area contributed by atoms with Gasteiger partial charge in [0.2, 0.25) is 0 Å². The zero-order chi connectivity index (χ0) is 18.1. The van der Waals surface area contributed by atoms with E-state index < -0.39 is 11.9 Å². The number of thiophene rings is 1. The van der Waals surface area contributed by atoms with Gasteiger partial charge in [-0.2, -0.15) is 0 Å². The quantitative estimate of drug-likeness (QED) is 0.835. The van der Waals surface area contributed by atoms with Crippen molar-refractivity contribution in [2.24, 2.45) is 0 Å². The predicted molar refractivity (Wildman–Crippen MR) is 93.7 cm³/mol.